The molecule has 4 aromatic rings. The molecule has 3 heterocycles. The molecule has 0 bridgehead atoms. The Kier molecular flexibility index (Phi) is 4.77. The summed E-state index contributed by atoms with van der Waals surface area (Å²) >= 11 is 0. The fraction of sp³-hybridized carbons (Fsp3) is 0.182. The van der Waals surface area contributed by atoms with Crippen molar-refractivity contribution in [2.24, 2.45) is 17.8 Å². The monoisotopic (exact) mass is 529 g/mol. The van der Waals surface area contributed by atoms with Crippen LogP contribution in [0, 0.1) is 24.7 Å². The molecule has 0 unspecified atom stereocenters. The molecule has 1 fully saturated rings. The minimum Gasteiger partial charge on any atom is -0.454 e. The molecule has 4 aromatic carbocycles. The van der Waals surface area contributed by atoms with Gasteiger partial charge >= 0.3 is 5.97 Å². The number of carbonyl (C=O) groups excluding carboxylic acids is 3. The van der Waals surface area contributed by atoms with Crippen LogP contribution in [0.25, 0.3) is 16.3 Å². The van der Waals surface area contributed by atoms with Gasteiger partial charge in [-0.25, -0.2) is 4.90 Å². The van der Waals surface area contributed by atoms with Gasteiger partial charge in [-0.05, 0) is 59.2 Å². The second kappa shape index (κ2) is 8.29. The molecule has 3 aliphatic heterocycles. The van der Waals surface area contributed by atoms with Crippen LogP contribution in [0.1, 0.15) is 22.6 Å². The molecule has 4 atom stereocenters. The van der Waals surface area contributed by atoms with Gasteiger partial charge in [0.05, 0.1) is 23.4 Å². The first kappa shape index (κ1) is 23.0. The summed E-state index contributed by atoms with van der Waals surface area (Å²) < 4.78 is 17.0. The maximum Gasteiger partial charge on any atom is 0.319 e. The molecule has 0 N–H and O–H groups in total. The SMILES string of the molecule is Cc1ccc(N2C(=O)[C@@H]3[C@@H]4C(=O)Oc5ccc6ccccc6c5C4=C[C@H](c4ccc5c(c4)OCO5)[C@@H]3C2=O)cc1. The lowest BCUT2D eigenvalue weighted by atomic mass is 9.64. The number of amides is 2. The molecular weight excluding hydrogens is 506 g/mol. The largest absolute Gasteiger partial charge is 0.454 e. The van der Waals surface area contributed by atoms with E-state index in [1.807, 2.05) is 73.7 Å². The molecule has 4 aliphatic rings. The number of hydrogen-bond acceptors (Lipinski definition) is 6. The highest BCUT2D eigenvalue weighted by molar-refractivity contribution is 6.25. The summed E-state index contributed by atoms with van der Waals surface area (Å²) in [6.07, 6.45) is 2.00. The van der Waals surface area contributed by atoms with Crippen molar-refractivity contribution in [3.63, 3.8) is 0 Å². The normalized spacial score (nSPS) is 24.4. The topological polar surface area (TPSA) is 82.1 Å². The van der Waals surface area contributed by atoms with Crippen LogP contribution in [0.4, 0.5) is 5.69 Å². The fourth-order valence-corrected chi connectivity index (χ4v) is 6.73. The van der Waals surface area contributed by atoms with Crippen molar-refractivity contribution in [1.29, 1.82) is 0 Å². The number of nitrogens with zero attached hydrogens (tertiary/aromatic N) is 1. The van der Waals surface area contributed by atoms with E-state index < -0.39 is 29.6 Å². The number of benzene rings is 4. The predicted octanol–water partition coefficient (Wildman–Crippen LogP) is 5.40. The summed E-state index contributed by atoms with van der Waals surface area (Å²) in [5, 5.41) is 1.93. The Labute approximate surface area is 229 Å². The Bertz CT molecular complexity index is 1810. The van der Waals surface area contributed by atoms with Crippen molar-refractivity contribution in [2.45, 2.75) is 12.8 Å². The van der Waals surface area contributed by atoms with Crippen LogP contribution in [0.15, 0.2) is 84.9 Å². The van der Waals surface area contributed by atoms with Crippen molar-refractivity contribution < 1.29 is 28.6 Å². The Morgan fingerprint density at radius 1 is 0.775 bits per heavy atom. The fourth-order valence-electron chi connectivity index (χ4n) is 6.73. The number of fused-ring (bicyclic) bond motifs is 8. The number of carbonyl (C=O) groups is 3. The highest BCUT2D eigenvalue weighted by Crippen LogP contribution is 2.56. The Morgan fingerprint density at radius 2 is 1.52 bits per heavy atom. The van der Waals surface area contributed by atoms with Crippen LogP contribution in [0.5, 0.6) is 17.2 Å². The van der Waals surface area contributed by atoms with E-state index in [1.54, 1.807) is 18.2 Å². The maximum absolute atomic E-state index is 14.2. The van der Waals surface area contributed by atoms with Gasteiger partial charge < -0.3 is 14.2 Å². The number of ether oxygens (including phenoxy) is 3. The van der Waals surface area contributed by atoms with Gasteiger partial charge in [0.2, 0.25) is 18.6 Å². The highest BCUT2D eigenvalue weighted by atomic mass is 16.7. The van der Waals surface area contributed by atoms with Gasteiger partial charge in [-0.1, -0.05) is 60.2 Å². The number of allylic oxidation sites excluding steroid dienone is 1. The minimum atomic E-state index is -0.913. The molecule has 40 heavy (non-hydrogen) atoms. The summed E-state index contributed by atoms with van der Waals surface area (Å²) in [4.78, 5) is 43.2. The summed E-state index contributed by atoms with van der Waals surface area (Å²) in [6.45, 7) is 2.07. The second-order valence-electron chi connectivity index (χ2n) is 10.7. The molecule has 0 aromatic heterocycles. The third kappa shape index (κ3) is 3.14. The molecule has 0 spiro atoms. The first-order valence-corrected chi connectivity index (χ1v) is 13.3. The minimum absolute atomic E-state index is 0.127. The van der Waals surface area contributed by atoms with Crippen LogP contribution in [-0.2, 0) is 14.4 Å². The Balaban J connectivity index is 1.36. The summed E-state index contributed by atoms with van der Waals surface area (Å²) in [5.74, 6) is -2.62. The van der Waals surface area contributed by atoms with Crippen LogP contribution >= 0.6 is 0 Å². The van der Waals surface area contributed by atoms with Crippen LogP contribution in [0.2, 0.25) is 0 Å². The molecule has 2 amide bonds. The van der Waals surface area contributed by atoms with Gasteiger partial charge in [0.1, 0.15) is 5.75 Å². The smallest absolute Gasteiger partial charge is 0.319 e. The van der Waals surface area contributed by atoms with Crippen molar-refractivity contribution in [1.82, 2.24) is 0 Å². The molecule has 1 saturated heterocycles. The van der Waals surface area contributed by atoms with E-state index in [1.165, 1.54) is 4.90 Å². The predicted molar refractivity (Wildman–Crippen MR) is 147 cm³/mol. The number of anilines is 1. The van der Waals surface area contributed by atoms with Gasteiger partial charge in [-0.15, -0.1) is 0 Å². The quantitative estimate of drug-likeness (QED) is 0.197. The zero-order chi connectivity index (χ0) is 27.1. The molecule has 7 heteroatoms. The average molecular weight is 530 g/mol. The zero-order valence-electron chi connectivity index (χ0n) is 21.5. The summed E-state index contributed by atoms with van der Waals surface area (Å²) in [7, 11) is 0. The molecule has 7 nitrogen and oxygen atoms in total. The first-order chi connectivity index (χ1) is 19.5. The third-order valence-electron chi connectivity index (χ3n) is 8.56. The maximum atomic E-state index is 14.2. The number of hydrogen-bond donors (Lipinski definition) is 0. The number of esters is 1. The van der Waals surface area contributed by atoms with Crippen LogP contribution in [-0.4, -0.2) is 24.6 Å². The van der Waals surface area contributed by atoms with Crippen molar-refractivity contribution in [3.8, 4) is 17.2 Å². The molecule has 0 radical (unpaired) electrons. The van der Waals surface area contributed by atoms with E-state index in [0.717, 1.165) is 33.0 Å². The van der Waals surface area contributed by atoms with E-state index >= 15 is 0 Å². The van der Waals surface area contributed by atoms with Crippen LogP contribution < -0.4 is 19.1 Å². The molecular formula is C33H23NO6. The number of imide groups is 1. The van der Waals surface area contributed by atoms with Crippen molar-refractivity contribution >= 4 is 39.8 Å². The average Bonchev–Trinajstić information content (AvgIpc) is 3.54. The third-order valence-corrected chi connectivity index (χ3v) is 8.56. The van der Waals surface area contributed by atoms with E-state index in [4.69, 9.17) is 14.2 Å². The summed E-state index contributed by atoms with van der Waals surface area (Å²) in [5.41, 5.74) is 3.84. The van der Waals surface area contributed by atoms with E-state index in [-0.39, 0.29) is 18.6 Å². The van der Waals surface area contributed by atoms with Gasteiger partial charge in [0.15, 0.2) is 11.5 Å². The van der Waals surface area contributed by atoms with E-state index in [2.05, 4.69) is 0 Å². The molecule has 0 saturated carbocycles. The lowest BCUT2D eigenvalue weighted by molar-refractivity contribution is -0.142. The van der Waals surface area contributed by atoms with E-state index in [9.17, 15) is 14.4 Å². The number of aryl methyl sites for hydroxylation is 1. The first-order valence-electron chi connectivity index (χ1n) is 13.3. The standard InChI is InChI=1S/C33H23NO6/c1-17-6-10-20(11-7-17)34-31(35)28-22(19-9-12-24-26(14-19)39-16-38-24)15-23-27-21-5-3-2-4-18(21)8-13-25(27)40-33(37)29(23)30(28)32(34)36/h2-15,22,28-30H,16H2,1H3/t22-,28+,29-,30+/m1/s1. The van der Waals surface area contributed by atoms with Gasteiger partial charge in [0, 0.05) is 11.5 Å². The van der Waals surface area contributed by atoms with Gasteiger partial charge in [-0.2, -0.15) is 0 Å². The summed E-state index contributed by atoms with van der Waals surface area (Å²) in [6, 6.07) is 24.5. The zero-order valence-corrected chi connectivity index (χ0v) is 21.5. The number of rotatable bonds is 2. The lowest BCUT2D eigenvalue weighted by Gasteiger charge is -2.38. The second-order valence-corrected chi connectivity index (χ2v) is 10.7. The molecule has 196 valence electrons. The van der Waals surface area contributed by atoms with Gasteiger partial charge in [0.25, 0.3) is 0 Å². The van der Waals surface area contributed by atoms with Crippen LogP contribution in [0.3, 0.4) is 0 Å². The van der Waals surface area contributed by atoms with Gasteiger partial charge in [-0.3, -0.25) is 14.4 Å². The van der Waals surface area contributed by atoms with Crippen molar-refractivity contribution in [2.75, 3.05) is 11.7 Å². The van der Waals surface area contributed by atoms with Crippen molar-refractivity contribution in [3.05, 3.63) is 102 Å². The van der Waals surface area contributed by atoms with E-state index in [0.29, 0.717) is 22.9 Å². The molecule has 8 rings (SSSR count). The lowest BCUT2D eigenvalue weighted by Crippen LogP contribution is -2.42. The Hall–Kier alpha value is -4.91. The Morgan fingerprint density at radius 3 is 2.38 bits per heavy atom. The molecule has 1 aliphatic carbocycles. The highest BCUT2D eigenvalue weighted by Gasteiger charge is 2.60.